The average molecular weight is 311 g/mol. The first-order chi connectivity index (χ1) is 9.82. The molecule has 1 aliphatic rings. The van der Waals surface area contributed by atoms with E-state index in [1.807, 2.05) is 20.9 Å². The van der Waals surface area contributed by atoms with Gasteiger partial charge >= 0.3 is 0 Å². The molecule has 21 heavy (non-hydrogen) atoms. The summed E-state index contributed by atoms with van der Waals surface area (Å²) in [5.41, 5.74) is 3.18. The molecule has 0 saturated carbocycles. The summed E-state index contributed by atoms with van der Waals surface area (Å²) in [6.45, 7) is 7.17. The molecule has 0 radical (unpaired) electrons. The Morgan fingerprint density at radius 1 is 1.29 bits per heavy atom. The molecule has 1 N–H and O–H groups in total. The van der Waals surface area contributed by atoms with E-state index in [0.717, 1.165) is 24.4 Å². The highest BCUT2D eigenvalue weighted by atomic mass is 32.2. The highest BCUT2D eigenvalue weighted by molar-refractivity contribution is 7.91. The summed E-state index contributed by atoms with van der Waals surface area (Å²) in [5.74, 6) is 1.66. The van der Waals surface area contributed by atoms with Gasteiger partial charge in [0.1, 0.15) is 5.82 Å². The van der Waals surface area contributed by atoms with Crippen molar-refractivity contribution in [3.8, 4) is 0 Å². The van der Waals surface area contributed by atoms with Gasteiger partial charge in [0.05, 0.1) is 11.5 Å². The summed E-state index contributed by atoms with van der Waals surface area (Å²) in [6, 6.07) is 0. The molecule has 118 valence electrons. The lowest BCUT2D eigenvalue weighted by atomic mass is 9.98. The van der Waals surface area contributed by atoms with Crippen LogP contribution in [0.25, 0.3) is 0 Å². The molecule has 2 unspecified atom stereocenters. The molecule has 6 heteroatoms. The van der Waals surface area contributed by atoms with Crippen LogP contribution in [0.3, 0.4) is 0 Å². The van der Waals surface area contributed by atoms with Gasteiger partial charge in [-0.25, -0.2) is 18.4 Å². The Bertz CT molecular complexity index is 590. The average Bonchev–Trinajstić information content (AvgIpc) is 2.74. The molecule has 0 spiro atoms. The maximum absolute atomic E-state index is 11.6. The molecule has 2 heterocycles. The smallest absolute Gasteiger partial charge is 0.151 e. The van der Waals surface area contributed by atoms with Crippen molar-refractivity contribution in [2.75, 3.05) is 25.1 Å². The second-order valence-corrected chi connectivity index (χ2v) is 8.43. The summed E-state index contributed by atoms with van der Waals surface area (Å²) in [6.07, 6.45) is 1.60. The predicted molar refractivity (Wildman–Crippen MR) is 84.3 cm³/mol. The van der Waals surface area contributed by atoms with Crippen LogP contribution in [0.5, 0.6) is 0 Å². The van der Waals surface area contributed by atoms with Crippen molar-refractivity contribution in [1.29, 1.82) is 0 Å². The molecule has 1 fully saturated rings. The van der Waals surface area contributed by atoms with Crippen LogP contribution >= 0.6 is 0 Å². The van der Waals surface area contributed by atoms with Crippen LogP contribution in [0, 0.1) is 19.8 Å². The minimum Gasteiger partial charge on any atom is -0.319 e. The number of rotatable bonds is 5. The fourth-order valence-electron chi connectivity index (χ4n) is 3.01. The molecule has 2 atom stereocenters. The Labute approximate surface area is 127 Å². The van der Waals surface area contributed by atoms with E-state index in [9.17, 15) is 8.42 Å². The van der Waals surface area contributed by atoms with Crippen molar-refractivity contribution in [3.05, 3.63) is 22.8 Å². The predicted octanol–water partition coefficient (Wildman–Crippen LogP) is 1.39. The normalized spacial score (nSPS) is 22.4. The van der Waals surface area contributed by atoms with Crippen LogP contribution in [0.1, 0.15) is 42.0 Å². The first-order valence-electron chi connectivity index (χ1n) is 7.51. The highest BCUT2D eigenvalue weighted by Crippen LogP contribution is 2.28. The third kappa shape index (κ3) is 4.01. The van der Waals surface area contributed by atoms with Crippen molar-refractivity contribution in [1.82, 2.24) is 15.3 Å². The number of hydrogen-bond acceptors (Lipinski definition) is 5. The summed E-state index contributed by atoms with van der Waals surface area (Å²) >= 11 is 0. The number of nitrogens with zero attached hydrogens (tertiary/aromatic N) is 2. The standard InChI is InChI=1S/C15H25N3O2S/c1-10(8-16-4)7-14-11(2)17-15(18-12(14)3)13-5-6-21(19,20)9-13/h10,13,16H,5-9H2,1-4H3. The molecule has 1 saturated heterocycles. The van der Waals surface area contributed by atoms with E-state index in [1.165, 1.54) is 5.56 Å². The minimum atomic E-state index is -2.89. The molecule has 0 amide bonds. The van der Waals surface area contributed by atoms with Crippen molar-refractivity contribution in [2.24, 2.45) is 5.92 Å². The second-order valence-electron chi connectivity index (χ2n) is 6.20. The Hall–Kier alpha value is -1.01. The largest absolute Gasteiger partial charge is 0.319 e. The lowest BCUT2D eigenvalue weighted by Gasteiger charge is -2.16. The molecule has 1 aliphatic heterocycles. The number of nitrogens with one attached hydrogen (secondary N) is 1. The Morgan fingerprint density at radius 2 is 1.90 bits per heavy atom. The zero-order valence-corrected chi connectivity index (χ0v) is 14.1. The fraction of sp³-hybridized carbons (Fsp3) is 0.733. The maximum Gasteiger partial charge on any atom is 0.151 e. The Morgan fingerprint density at radius 3 is 2.38 bits per heavy atom. The zero-order valence-electron chi connectivity index (χ0n) is 13.3. The van der Waals surface area contributed by atoms with Crippen LogP contribution in [-0.4, -0.2) is 43.5 Å². The van der Waals surface area contributed by atoms with Crippen LogP contribution < -0.4 is 5.32 Å². The molecule has 2 rings (SSSR count). The maximum atomic E-state index is 11.6. The van der Waals surface area contributed by atoms with Gasteiger partial charge in [-0.15, -0.1) is 0 Å². The third-order valence-corrected chi connectivity index (χ3v) is 5.91. The summed E-state index contributed by atoms with van der Waals surface area (Å²) in [4.78, 5) is 9.20. The van der Waals surface area contributed by atoms with Crippen LogP contribution in [0.15, 0.2) is 0 Å². The number of aromatic nitrogens is 2. The first-order valence-corrected chi connectivity index (χ1v) is 9.33. The van der Waals surface area contributed by atoms with Crippen molar-refractivity contribution in [3.63, 3.8) is 0 Å². The first kappa shape index (κ1) is 16.4. The molecule has 0 bridgehead atoms. The van der Waals surface area contributed by atoms with E-state index in [1.54, 1.807) is 0 Å². The van der Waals surface area contributed by atoms with E-state index >= 15 is 0 Å². The van der Waals surface area contributed by atoms with Crippen molar-refractivity contribution >= 4 is 9.84 Å². The van der Waals surface area contributed by atoms with E-state index < -0.39 is 9.84 Å². The molecular formula is C15H25N3O2S. The van der Waals surface area contributed by atoms with Crippen LogP contribution in [-0.2, 0) is 16.3 Å². The van der Waals surface area contributed by atoms with E-state index in [0.29, 0.717) is 18.2 Å². The van der Waals surface area contributed by atoms with Gasteiger partial charge < -0.3 is 5.32 Å². The van der Waals surface area contributed by atoms with Gasteiger partial charge in [0, 0.05) is 17.3 Å². The lowest BCUT2D eigenvalue weighted by Crippen LogP contribution is -2.20. The van der Waals surface area contributed by atoms with E-state index in [2.05, 4.69) is 22.2 Å². The number of sulfone groups is 1. The third-order valence-electron chi connectivity index (χ3n) is 4.14. The topological polar surface area (TPSA) is 72.0 Å². The molecule has 0 aliphatic carbocycles. The van der Waals surface area contributed by atoms with Gasteiger partial charge in [0.15, 0.2) is 9.84 Å². The summed E-state index contributed by atoms with van der Waals surface area (Å²) in [7, 11) is -0.939. The van der Waals surface area contributed by atoms with E-state index in [4.69, 9.17) is 0 Å². The van der Waals surface area contributed by atoms with Gasteiger partial charge in [-0.05, 0) is 51.8 Å². The highest BCUT2D eigenvalue weighted by Gasteiger charge is 2.31. The van der Waals surface area contributed by atoms with Gasteiger partial charge in [-0.3, -0.25) is 0 Å². The summed E-state index contributed by atoms with van der Waals surface area (Å²) in [5, 5.41) is 3.18. The lowest BCUT2D eigenvalue weighted by molar-refractivity contribution is 0.535. The quantitative estimate of drug-likeness (QED) is 0.890. The number of aryl methyl sites for hydroxylation is 2. The summed E-state index contributed by atoms with van der Waals surface area (Å²) < 4.78 is 23.2. The second kappa shape index (κ2) is 6.40. The van der Waals surface area contributed by atoms with Crippen LogP contribution in [0.2, 0.25) is 0 Å². The zero-order chi connectivity index (χ0) is 15.6. The molecule has 1 aromatic heterocycles. The van der Waals surface area contributed by atoms with Gasteiger partial charge in [0.2, 0.25) is 0 Å². The van der Waals surface area contributed by atoms with Crippen LogP contribution in [0.4, 0.5) is 0 Å². The van der Waals surface area contributed by atoms with Gasteiger partial charge in [0.25, 0.3) is 0 Å². The van der Waals surface area contributed by atoms with E-state index in [-0.39, 0.29) is 17.4 Å². The van der Waals surface area contributed by atoms with Gasteiger partial charge in [-0.2, -0.15) is 0 Å². The molecular weight excluding hydrogens is 286 g/mol. The van der Waals surface area contributed by atoms with Gasteiger partial charge in [-0.1, -0.05) is 6.92 Å². The Balaban J connectivity index is 2.21. The van der Waals surface area contributed by atoms with Crippen molar-refractivity contribution < 1.29 is 8.42 Å². The fourth-order valence-corrected chi connectivity index (χ4v) is 4.75. The minimum absolute atomic E-state index is 0.0313. The number of hydrogen-bond donors (Lipinski definition) is 1. The Kier molecular flexibility index (Phi) is 4.99. The SMILES string of the molecule is CNCC(C)Cc1c(C)nc(C2CCS(=O)(=O)C2)nc1C. The monoisotopic (exact) mass is 311 g/mol. The molecule has 1 aromatic rings. The molecule has 5 nitrogen and oxygen atoms in total. The van der Waals surface area contributed by atoms with Crippen molar-refractivity contribution in [2.45, 2.75) is 39.5 Å². The molecule has 0 aromatic carbocycles.